The molecule has 2 heterocycles. The standard InChI is InChI=1S/C25H32O14/c1-11(26)33-9-16-8-18(35-13(3)28)17-6-7-32-24(20(16)17)39-25-21(31)23(37-15(5)30)22(36-14(4)29)19(38-25)10-34-12(2)27/h6-8,17-25,31H,9-10H2,1-5H3/t17-,18+,19+,20+,21+,22+,23+,24-,25-/m0/s1. The molecule has 0 bridgehead atoms. The van der Waals surface area contributed by atoms with E-state index in [9.17, 15) is 29.1 Å². The Bertz CT molecular complexity index is 1020. The fourth-order valence-corrected chi connectivity index (χ4v) is 4.65. The molecule has 9 atom stereocenters. The highest BCUT2D eigenvalue weighted by Gasteiger charge is 2.53. The van der Waals surface area contributed by atoms with Crippen molar-refractivity contribution in [2.45, 2.75) is 77.7 Å². The Labute approximate surface area is 224 Å². The highest BCUT2D eigenvalue weighted by atomic mass is 16.8. The molecule has 14 nitrogen and oxygen atoms in total. The van der Waals surface area contributed by atoms with Gasteiger partial charge in [-0.3, -0.25) is 24.0 Å². The van der Waals surface area contributed by atoms with Crippen LogP contribution in [0.3, 0.4) is 0 Å². The van der Waals surface area contributed by atoms with E-state index in [1.165, 1.54) is 20.1 Å². The Morgan fingerprint density at radius 3 is 2.03 bits per heavy atom. The van der Waals surface area contributed by atoms with Crippen LogP contribution in [0.1, 0.15) is 34.6 Å². The van der Waals surface area contributed by atoms with Crippen molar-refractivity contribution in [2.24, 2.45) is 11.8 Å². The molecule has 39 heavy (non-hydrogen) atoms. The van der Waals surface area contributed by atoms with Crippen LogP contribution in [-0.4, -0.2) is 91.3 Å². The molecular formula is C25H32O14. The summed E-state index contributed by atoms with van der Waals surface area (Å²) in [5, 5.41) is 11.1. The van der Waals surface area contributed by atoms with Crippen LogP contribution in [0.5, 0.6) is 0 Å². The lowest BCUT2D eigenvalue weighted by atomic mass is 9.88. The Balaban J connectivity index is 1.88. The number of fused-ring (bicyclic) bond motifs is 1. The Hall–Kier alpha value is -3.49. The molecule has 0 unspecified atom stereocenters. The van der Waals surface area contributed by atoms with Crippen LogP contribution in [0.2, 0.25) is 0 Å². The summed E-state index contributed by atoms with van der Waals surface area (Å²) >= 11 is 0. The predicted molar refractivity (Wildman–Crippen MR) is 125 cm³/mol. The van der Waals surface area contributed by atoms with E-state index in [0.29, 0.717) is 5.57 Å². The lowest BCUT2D eigenvalue weighted by molar-refractivity contribution is -0.341. The minimum absolute atomic E-state index is 0.140. The summed E-state index contributed by atoms with van der Waals surface area (Å²) in [5.74, 6) is -4.36. The van der Waals surface area contributed by atoms with Gasteiger partial charge in [-0.1, -0.05) is 0 Å². The number of esters is 5. The summed E-state index contributed by atoms with van der Waals surface area (Å²) in [4.78, 5) is 58.2. The van der Waals surface area contributed by atoms with E-state index in [0.717, 1.165) is 20.8 Å². The molecular weight excluding hydrogens is 524 g/mol. The normalized spacial score (nSPS) is 33.1. The summed E-state index contributed by atoms with van der Waals surface area (Å²) in [7, 11) is 0. The molecule has 1 aliphatic carbocycles. The van der Waals surface area contributed by atoms with Gasteiger partial charge in [0.05, 0.1) is 12.2 Å². The van der Waals surface area contributed by atoms with E-state index in [1.54, 1.807) is 12.2 Å². The van der Waals surface area contributed by atoms with Gasteiger partial charge < -0.3 is 43.0 Å². The molecule has 0 aromatic heterocycles. The monoisotopic (exact) mass is 556 g/mol. The molecule has 0 amide bonds. The quantitative estimate of drug-likeness (QED) is 0.229. The van der Waals surface area contributed by atoms with Gasteiger partial charge in [-0.2, -0.15) is 0 Å². The largest absolute Gasteiger partial charge is 0.472 e. The number of carbonyl (C=O) groups excluding carboxylic acids is 5. The summed E-state index contributed by atoms with van der Waals surface area (Å²) in [6.45, 7) is 5.32. The van der Waals surface area contributed by atoms with Crippen LogP contribution in [0.4, 0.5) is 0 Å². The summed E-state index contributed by atoms with van der Waals surface area (Å²) < 4.78 is 43.6. The Kier molecular flexibility index (Phi) is 10.1. The minimum atomic E-state index is -1.67. The number of carbonyl (C=O) groups is 5. The maximum atomic E-state index is 11.8. The van der Waals surface area contributed by atoms with Crippen molar-refractivity contribution in [3.63, 3.8) is 0 Å². The molecule has 1 fully saturated rings. The Morgan fingerprint density at radius 1 is 0.821 bits per heavy atom. The average Bonchev–Trinajstić information content (AvgIpc) is 3.18. The average molecular weight is 557 g/mol. The second kappa shape index (κ2) is 13.0. The first-order valence-corrected chi connectivity index (χ1v) is 12.2. The van der Waals surface area contributed by atoms with E-state index >= 15 is 0 Å². The molecule has 0 aromatic rings. The highest BCUT2D eigenvalue weighted by molar-refractivity contribution is 5.68. The number of aliphatic hydroxyl groups is 1. The molecule has 3 aliphatic rings. The SMILES string of the molecule is CC(=O)OCC1=C[C@@H](OC(C)=O)[C@@H]2C=CO[C@@H](O[C@@H]3O[C@H](COC(C)=O)[C@@H](OC(C)=O)[C@H](OC(C)=O)[C@H]3O)[C@H]12. The molecule has 0 aromatic carbocycles. The Morgan fingerprint density at radius 2 is 1.44 bits per heavy atom. The predicted octanol–water partition coefficient (Wildman–Crippen LogP) is 0.0525. The van der Waals surface area contributed by atoms with E-state index in [4.69, 9.17) is 37.9 Å². The van der Waals surface area contributed by atoms with Crippen molar-refractivity contribution in [3.8, 4) is 0 Å². The zero-order valence-corrected chi connectivity index (χ0v) is 22.1. The maximum absolute atomic E-state index is 11.8. The van der Waals surface area contributed by atoms with Gasteiger partial charge in [0.1, 0.15) is 31.5 Å². The van der Waals surface area contributed by atoms with Crippen molar-refractivity contribution in [2.75, 3.05) is 13.2 Å². The van der Waals surface area contributed by atoms with E-state index in [2.05, 4.69) is 0 Å². The van der Waals surface area contributed by atoms with Gasteiger partial charge in [0.25, 0.3) is 0 Å². The molecule has 0 radical (unpaired) electrons. The molecule has 0 saturated carbocycles. The van der Waals surface area contributed by atoms with Crippen molar-refractivity contribution < 1.29 is 67.0 Å². The third kappa shape index (κ3) is 7.77. The summed E-state index contributed by atoms with van der Waals surface area (Å²) in [6, 6.07) is 0. The van der Waals surface area contributed by atoms with Gasteiger partial charge in [-0.05, 0) is 17.7 Å². The van der Waals surface area contributed by atoms with Crippen molar-refractivity contribution in [1.29, 1.82) is 0 Å². The number of ether oxygens (including phenoxy) is 8. The van der Waals surface area contributed by atoms with Crippen LogP contribution in [0.25, 0.3) is 0 Å². The van der Waals surface area contributed by atoms with Gasteiger partial charge in [-0.25, -0.2) is 0 Å². The van der Waals surface area contributed by atoms with Gasteiger partial charge in [-0.15, -0.1) is 0 Å². The lowest BCUT2D eigenvalue weighted by Crippen LogP contribution is -2.62. The van der Waals surface area contributed by atoms with Crippen LogP contribution in [0, 0.1) is 11.8 Å². The molecule has 1 N–H and O–H groups in total. The molecule has 1 saturated heterocycles. The molecule has 0 spiro atoms. The van der Waals surface area contributed by atoms with Gasteiger partial charge in [0, 0.05) is 40.5 Å². The number of hydrogen-bond donors (Lipinski definition) is 1. The van der Waals surface area contributed by atoms with Crippen LogP contribution >= 0.6 is 0 Å². The molecule has 2 aliphatic heterocycles. The van der Waals surface area contributed by atoms with E-state index < -0.39 is 91.4 Å². The second-order valence-electron chi connectivity index (χ2n) is 9.15. The first-order chi connectivity index (χ1) is 18.4. The van der Waals surface area contributed by atoms with Gasteiger partial charge >= 0.3 is 29.8 Å². The van der Waals surface area contributed by atoms with Crippen molar-refractivity contribution in [1.82, 2.24) is 0 Å². The lowest BCUT2D eigenvalue weighted by Gasteiger charge is -2.44. The number of hydrogen-bond acceptors (Lipinski definition) is 14. The highest BCUT2D eigenvalue weighted by Crippen LogP contribution is 2.42. The first kappa shape index (κ1) is 30.1. The topological polar surface area (TPSA) is 179 Å². The van der Waals surface area contributed by atoms with Gasteiger partial charge in [0.2, 0.25) is 6.29 Å². The fourth-order valence-electron chi connectivity index (χ4n) is 4.65. The zero-order valence-electron chi connectivity index (χ0n) is 22.1. The van der Waals surface area contributed by atoms with Crippen LogP contribution in [0.15, 0.2) is 24.0 Å². The first-order valence-electron chi connectivity index (χ1n) is 12.2. The number of aliphatic hydroxyl groups excluding tert-OH is 1. The minimum Gasteiger partial charge on any atom is -0.472 e. The second-order valence-corrected chi connectivity index (χ2v) is 9.15. The summed E-state index contributed by atoms with van der Waals surface area (Å²) in [5.41, 5.74) is 0.534. The van der Waals surface area contributed by atoms with Crippen LogP contribution in [-0.2, 0) is 61.9 Å². The zero-order chi connectivity index (χ0) is 28.9. The van der Waals surface area contributed by atoms with E-state index in [1.807, 2.05) is 0 Å². The fraction of sp³-hybridized carbons (Fsp3) is 0.640. The molecule has 216 valence electrons. The van der Waals surface area contributed by atoms with E-state index in [-0.39, 0.29) is 6.61 Å². The third-order valence-electron chi connectivity index (χ3n) is 6.09. The molecule has 14 heteroatoms. The van der Waals surface area contributed by atoms with Crippen molar-refractivity contribution in [3.05, 3.63) is 24.0 Å². The van der Waals surface area contributed by atoms with Gasteiger partial charge in [0.15, 0.2) is 18.5 Å². The van der Waals surface area contributed by atoms with Crippen molar-refractivity contribution >= 4 is 29.8 Å². The summed E-state index contributed by atoms with van der Waals surface area (Å²) in [6.07, 6.45) is -4.41. The molecule has 3 rings (SSSR count). The maximum Gasteiger partial charge on any atom is 0.303 e. The smallest absolute Gasteiger partial charge is 0.303 e. The van der Waals surface area contributed by atoms with Crippen LogP contribution < -0.4 is 0 Å². The third-order valence-corrected chi connectivity index (χ3v) is 6.09. The number of rotatable bonds is 9.